The van der Waals surface area contributed by atoms with Gasteiger partial charge < -0.3 is 14.4 Å². The molecule has 0 aliphatic rings. The molecular formula is C16H19FN2O2. The minimum Gasteiger partial charge on any atom is -0.512 e. The molecule has 1 aromatic carbocycles. The SMILES string of the molecule is CC(C)(COc1ccc(F)cc1)C(O)=CCn1ccnc1. The van der Waals surface area contributed by atoms with Gasteiger partial charge in [0.15, 0.2) is 0 Å². The largest absolute Gasteiger partial charge is 0.512 e. The number of aliphatic hydroxyl groups excluding tert-OH is 1. The Morgan fingerprint density at radius 3 is 2.71 bits per heavy atom. The van der Waals surface area contributed by atoms with Gasteiger partial charge in [-0.2, -0.15) is 0 Å². The maximum absolute atomic E-state index is 12.8. The average Bonchev–Trinajstić information content (AvgIpc) is 2.97. The lowest BCUT2D eigenvalue weighted by molar-refractivity contribution is 0.157. The zero-order valence-corrected chi connectivity index (χ0v) is 12.2. The van der Waals surface area contributed by atoms with E-state index in [1.54, 1.807) is 30.7 Å². The summed E-state index contributed by atoms with van der Waals surface area (Å²) in [4.78, 5) is 3.94. The molecule has 0 saturated heterocycles. The van der Waals surface area contributed by atoms with Crippen molar-refractivity contribution < 1.29 is 14.2 Å². The highest BCUT2D eigenvalue weighted by Crippen LogP contribution is 2.25. The van der Waals surface area contributed by atoms with Crippen LogP contribution in [0.1, 0.15) is 13.8 Å². The Morgan fingerprint density at radius 1 is 1.38 bits per heavy atom. The topological polar surface area (TPSA) is 47.3 Å². The molecular weight excluding hydrogens is 271 g/mol. The molecule has 0 amide bonds. The van der Waals surface area contributed by atoms with Gasteiger partial charge in [-0.15, -0.1) is 0 Å². The summed E-state index contributed by atoms with van der Waals surface area (Å²) in [6.45, 7) is 4.61. The fourth-order valence-electron chi connectivity index (χ4n) is 1.73. The molecule has 1 heterocycles. The number of aromatic nitrogens is 2. The smallest absolute Gasteiger partial charge is 0.123 e. The standard InChI is InChI=1S/C16H19FN2O2/c1-16(2,11-21-14-5-3-13(17)4-6-14)15(20)7-9-19-10-8-18-12-19/h3-8,10,12,20H,9,11H2,1-2H3. The van der Waals surface area contributed by atoms with E-state index in [1.807, 2.05) is 24.6 Å². The van der Waals surface area contributed by atoms with Gasteiger partial charge in [-0.25, -0.2) is 9.37 Å². The van der Waals surface area contributed by atoms with E-state index in [0.29, 0.717) is 18.9 Å². The van der Waals surface area contributed by atoms with Crippen LogP contribution in [0.5, 0.6) is 5.75 Å². The van der Waals surface area contributed by atoms with Crippen LogP contribution in [0.2, 0.25) is 0 Å². The number of benzene rings is 1. The maximum atomic E-state index is 12.8. The summed E-state index contributed by atoms with van der Waals surface area (Å²) >= 11 is 0. The summed E-state index contributed by atoms with van der Waals surface area (Å²) in [5.41, 5.74) is -0.533. The highest BCUT2D eigenvalue weighted by atomic mass is 19.1. The van der Waals surface area contributed by atoms with E-state index in [2.05, 4.69) is 4.98 Å². The van der Waals surface area contributed by atoms with Crippen LogP contribution in [-0.4, -0.2) is 21.3 Å². The second-order valence-corrected chi connectivity index (χ2v) is 5.48. The molecule has 112 valence electrons. The molecule has 5 heteroatoms. The first-order chi connectivity index (χ1) is 9.97. The Labute approximate surface area is 123 Å². The van der Waals surface area contributed by atoms with E-state index < -0.39 is 5.41 Å². The van der Waals surface area contributed by atoms with Gasteiger partial charge in [0.05, 0.1) is 17.5 Å². The van der Waals surface area contributed by atoms with Gasteiger partial charge in [-0.3, -0.25) is 0 Å². The van der Waals surface area contributed by atoms with Crippen LogP contribution in [0.15, 0.2) is 54.8 Å². The molecule has 1 aromatic heterocycles. The second-order valence-electron chi connectivity index (χ2n) is 5.48. The monoisotopic (exact) mass is 290 g/mol. The molecule has 4 nitrogen and oxygen atoms in total. The molecule has 2 aromatic rings. The molecule has 0 unspecified atom stereocenters. The van der Waals surface area contributed by atoms with E-state index in [0.717, 1.165) is 0 Å². The fraction of sp³-hybridized carbons (Fsp3) is 0.312. The number of ether oxygens (including phenoxy) is 1. The molecule has 0 radical (unpaired) electrons. The van der Waals surface area contributed by atoms with Crippen LogP contribution in [0.4, 0.5) is 4.39 Å². The lowest BCUT2D eigenvalue weighted by Crippen LogP contribution is -2.24. The summed E-state index contributed by atoms with van der Waals surface area (Å²) in [7, 11) is 0. The number of imidazole rings is 1. The van der Waals surface area contributed by atoms with Crippen molar-refractivity contribution in [3.63, 3.8) is 0 Å². The minimum absolute atomic E-state index is 0.248. The van der Waals surface area contributed by atoms with Crippen LogP contribution in [0.3, 0.4) is 0 Å². The van der Waals surface area contributed by atoms with Crippen molar-refractivity contribution in [3.8, 4) is 5.75 Å². The predicted molar refractivity (Wildman–Crippen MR) is 78.6 cm³/mol. The van der Waals surface area contributed by atoms with E-state index in [-0.39, 0.29) is 11.6 Å². The van der Waals surface area contributed by atoms with Crippen LogP contribution in [0, 0.1) is 11.2 Å². The van der Waals surface area contributed by atoms with Gasteiger partial charge in [0.2, 0.25) is 0 Å². The molecule has 0 saturated carbocycles. The number of hydrogen-bond donors (Lipinski definition) is 1. The van der Waals surface area contributed by atoms with E-state index in [1.165, 1.54) is 12.1 Å². The van der Waals surface area contributed by atoms with Crippen molar-refractivity contribution in [1.82, 2.24) is 9.55 Å². The van der Waals surface area contributed by atoms with E-state index in [9.17, 15) is 9.50 Å². The number of allylic oxidation sites excluding steroid dienone is 1. The van der Waals surface area contributed by atoms with Crippen molar-refractivity contribution in [2.45, 2.75) is 20.4 Å². The van der Waals surface area contributed by atoms with Crippen LogP contribution in [0.25, 0.3) is 0 Å². The number of aliphatic hydroxyl groups is 1. The zero-order valence-electron chi connectivity index (χ0n) is 12.2. The lowest BCUT2D eigenvalue weighted by atomic mass is 9.91. The van der Waals surface area contributed by atoms with Crippen molar-refractivity contribution in [1.29, 1.82) is 0 Å². The van der Waals surface area contributed by atoms with Crippen LogP contribution < -0.4 is 4.74 Å². The Bertz CT molecular complexity index is 589. The summed E-state index contributed by atoms with van der Waals surface area (Å²) < 4.78 is 20.3. The first-order valence-corrected chi connectivity index (χ1v) is 6.71. The van der Waals surface area contributed by atoms with Crippen LogP contribution in [-0.2, 0) is 6.54 Å². The number of rotatable bonds is 6. The number of halogens is 1. The normalized spacial score (nSPS) is 12.4. The second kappa shape index (κ2) is 6.43. The first kappa shape index (κ1) is 15.1. The number of nitrogens with zero attached hydrogens (tertiary/aromatic N) is 2. The highest BCUT2D eigenvalue weighted by molar-refractivity contribution is 5.22. The van der Waals surface area contributed by atoms with Crippen molar-refractivity contribution >= 4 is 0 Å². The third-order valence-corrected chi connectivity index (χ3v) is 3.16. The molecule has 0 atom stereocenters. The third-order valence-electron chi connectivity index (χ3n) is 3.16. The molecule has 0 bridgehead atoms. The summed E-state index contributed by atoms with van der Waals surface area (Å²) in [6.07, 6.45) is 6.93. The molecule has 0 spiro atoms. The quantitative estimate of drug-likeness (QED) is 0.827. The predicted octanol–water partition coefficient (Wildman–Crippen LogP) is 3.57. The van der Waals surface area contributed by atoms with Crippen molar-refractivity contribution in [2.24, 2.45) is 5.41 Å². The molecule has 0 fully saturated rings. The molecule has 21 heavy (non-hydrogen) atoms. The lowest BCUT2D eigenvalue weighted by Gasteiger charge is -2.24. The van der Waals surface area contributed by atoms with Gasteiger partial charge in [0.25, 0.3) is 0 Å². The Morgan fingerprint density at radius 2 is 2.10 bits per heavy atom. The van der Waals surface area contributed by atoms with E-state index >= 15 is 0 Å². The van der Waals surface area contributed by atoms with Gasteiger partial charge in [-0.05, 0) is 44.2 Å². The van der Waals surface area contributed by atoms with Gasteiger partial charge in [0.1, 0.15) is 18.2 Å². The summed E-state index contributed by atoms with van der Waals surface area (Å²) in [5.74, 6) is 0.523. The van der Waals surface area contributed by atoms with Gasteiger partial charge in [-0.1, -0.05) is 0 Å². The van der Waals surface area contributed by atoms with Crippen molar-refractivity contribution in [3.05, 3.63) is 60.6 Å². The third kappa shape index (κ3) is 4.34. The van der Waals surface area contributed by atoms with Crippen molar-refractivity contribution in [2.75, 3.05) is 6.61 Å². The molecule has 0 aliphatic heterocycles. The Balaban J connectivity index is 1.93. The number of hydrogen-bond acceptors (Lipinski definition) is 3. The summed E-state index contributed by atoms with van der Waals surface area (Å²) in [5, 5.41) is 10.2. The van der Waals surface area contributed by atoms with E-state index in [4.69, 9.17) is 4.74 Å². The fourth-order valence-corrected chi connectivity index (χ4v) is 1.73. The highest BCUT2D eigenvalue weighted by Gasteiger charge is 2.24. The maximum Gasteiger partial charge on any atom is 0.123 e. The van der Waals surface area contributed by atoms with Gasteiger partial charge >= 0.3 is 0 Å². The molecule has 0 aliphatic carbocycles. The van der Waals surface area contributed by atoms with Gasteiger partial charge in [0, 0.05) is 18.9 Å². The Kier molecular flexibility index (Phi) is 4.62. The molecule has 1 N–H and O–H groups in total. The molecule has 2 rings (SSSR count). The minimum atomic E-state index is -0.533. The zero-order chi connectivity index (χ0) is 15.3. The average molecular weight is 290 g/mol. The van der Waals surface area contributed by atoms with Crippen LogP contribution >= 0.6 is 0 Å². The Hall–Kier alpha value is -2.30. The summed E-state index contributed by atoms with van der Waals surface area (Å²) in [6, 6.07) is 5.82. The first-order valence-electron chi connectivity index (χ1n) is 6.71.